The summed E-state index contributed by atoms with van der Waals surface area (Å²) in [6.45, 7) is 1.92. The number of nitrogens with zero attached hydrogens (tertiary/aromatic N) is 1. The molecule has 0 unspecified atom stereocenters. The molecule has 2 amide bonds. The summed E-state index contributed by atoms with van der Waals surface area (Å²) in [4.78, 5) is 24.4. The molecule has 184 valence electrons. The van der Waals surface area contributed by atoms with Crippen molar-refractivity contribution in [2.45, 2.75) is 37.6 Å². The predicted molar refractivity (Wildman–Crippen MR) is 107 cm³/mol. The highest BCUT2D eigenvalue weighted by Gasteiger charge is 2.65. The maximum Gasteiger partial charge on any atom is 0.417 e. The normalized spacial score (nSPS) is 24.6. The fourth-order valence-electron chi connectivity index (χ4n) is 4.00. The smallest absolute Gasteiger partial charge is 0.417 e. The van der Waals surface area contributed by atoms with Crippen LogP contribution in [-0.4, -0.2) is 36.8 Å². The number of carbonyl (C=O) groups excluding carboxylic acids is 2. The van der Waals surface area contributed by atoms with Gasteiger partial charge < -0.3 is 25.7 Å². The van der Waals surface area contributed by atoms with Gasteiger partial charge in [-0.05, 0) is 13.0 Å². The number of anilines is 1. The third-order valence-electron chi connectivity index (χ3n) is 6.01. The first kappa shape index (κ1) is 25.1. The molecule has 1 aromatic heterocycles. The number of rotatable bonds is 5. The van der Waals surface area contributed by atoms with E-state index in [1.165, 1.54) is 6.92 Å². The predicted octanol–water partition coefficient (Wildman–Crippen LogP) is 2.78. The molecule has 8 nitrogen and oxygen atoms in total. The van der Waals surface area contributed by atoms with Crippen molar-refractivity contribution >= 4 is 17.5 Å². The van der Waals surface area contributed by atoms with E-state index in [4.69, 9.17) is 15.2 Å². The van der Waals surface area contributed by atoms with Crippen LogP contribution in [0.25, 0.3) is 0 Å². The van der Waals surface area contributed by atoms with Gasteiger partial charge in [-0.1, -0.05) is 13.0 Å². The lowest BCUT2D eigenvalue weighted by atomic mass is 9.77. The van der Waals surface area contributed by atoms with Crippen LogP contribution in [0.1, 0.15) is 35.8 Å². The Morgan fingerprint density at radius 3 is 2.47 bits per heavy atom. The Morgan fingerprint density at radius 2 is 1.91 bits per heavy atom. The van der Waals surface area contributed by atoms with Gasteiger partial charge in [-0.2, -0.15) is 22.3 Å². The summed E-state index contributed by atoms with van der Waals surface area (Å²) < 4.78 is 80.2. The molecule has 0 spiro atoms. The number of hydrogen-bond donors (Lipinski definition) is 2. The Morgan fingerprint density at radius 1 is 1.26 bits per heavy atom. The Bertz CT molecular complexity index is 1140. The van der Waals surface area contributed by atoms with Crippen LogP contribution in [0, 0.1) is 22.8 Å². The van der Waals surface area contributed by atoms with Gasteiger partial charge in [0.25, 0.3) is 11.6 Å². The molecule has 0 aliphatic carbocycles. The average Bonchev–Trinajstić information content (AvgIpc) is 3.03. The molecule has 34 heavy (non-hydrogen) atoms. The zero-order chi connectivity index (χ0) is 25.6. The second-order valence-corrected chi connectivity index (χ2v) is 7.92. The average molecular weight is 489 g/mol. The number of nitrogens with two attached hydrogens (primary N) is 1. The highest BCUT2D eigenvalue weighted by molar-refractivity contribution is 5.97. The lowest BCUT2D eigenvalue weighted by Crippen LogP contribution is -2.47. The van der Waals surface area contributed by atoms with Crippen molar-refractivity contribution in [3.63, 3.8) is 0 Å². The molecule has 1 aromatic carbocycles. The number of nitrogens with one attached hydrogen (secondary N) is 1. The van der Waals surface area contributed by atoms with E-state index < -0.39 is 64.6 Å². The number of halogens is 5. The van der Waals surface area contributed by atoms with E-state index in [9.17, 15) is 36.7 Å². The van der Waals surface area contributed by atoms with E-state index in [0.717, 1.165) is 38.4 Å². The summed E-state index contributed by atoms with van der Waals surface area (Å²) in [7, 11) is 1.01. The minimum Gasteiger partial charge on any atom is -0.618 e. The summed E-state index contributed by atoms with van der Waals surface area (Å²) in [5.41, 5.74) is 1.40. The topological polar surface area (TPSA) is 118 Å². The lowest BCUT2D eigenvalue weighted by molar-refractivity contribution is -0.607. The molecular formula is C21H20F5N3O5. The number of ether oxygens (including phenoxy) is 2. The Hall–Kier alpha value is -3.48. The van der Waals surface area contributed by atoms with Crippen molar-refractivity contribution in [1.82, 2.24) is 0 Å². The van der Waals surface area contributed by atoms with Gasteiger partial charge in [0.15, 0.2) is 23.4 Å². The summed E-state index contributed by atoms with van der Waals surface area (Å²) in [6.07, 6.45) is -5.90. The number of pyridine rings is 1. The maximum absolute atomic E-state index is 14.4. The Balaban J connectivity index is 2.08. The molecule has 4 atom stereocenters. The number of carbonyl (C=O) groups is 2. The van der Waals surface area contributed by atoms with E-state index in [1.807, 2.05) is 0 Å². The second kappa shape index (κ2) is 8.70. The van der Waals surface area contributed by atoms with E-state index in [1.54, 1.807) is 0 Å². The Kier molecular flexibility index (Phi) is 6.44. The van der Waals surface area contributed by atoms with Gasteiger partial charge in [-0.15, -0.1) is 0 Å². The van der Waals surface area contributed by atoms with E-state index >= 15 is 0 Å². The van der Waals surface area contributed by atoms with E-state index in [-0.39, 0.29) is 16.0 Å². The van der Waals surface area contributed by atoms with Crippen molar-refractivity contribution < 1.29 is 45.7 Å². The number of alkyl halides is 3. The minimum absolute atomic E-state index is 0.126. The molecule has 0 radical (unpaired) electrons. The molecule has 0 saturated carbocycles. The first-order valence-corrected chi connectivity index (χ1v) is 9.83. The van der Waals surface area contributed by atoms with Crippen LogP contribution in [0.15, 0.2) is 30.5 Å². The van der Waals surface area contributed by atoms with Crippen LogP contribution in [0.3, 0.4) is 0 Å². The number of aromatic nitrogens is 1. The van der Waals surface area contributed by atoms with Crippen molar-refractivity contribution in [2.75, 3.05) is 12.4 Å². The highest BCUT2D eigenvalue weighted by Crippen LogP contribution is 2.55. The van der Waals surface area contributed by atoms with Crippen LogP contribution in [0.4, 0.5) is 27.6 Å². The molecule has 13 heteroatoms. The molecule has 2 aromatic rings. The van der Waals surface area contributed by atoms with E-state index in [2.05, 4.69) is 5.32 Å². The highest BCUT2D eigenvalue weighted by atomic mass is 19.4. The third-order valence-corrected chi connectivity index (χ3v) is 6.01. The van der Waals surface area contributed by atoms with Gasteiger partial charge in [0.1, 0.15) is 6.10 Å². The van der Waals surface area contributed by atoms with Crippen LogP contribution < -0.4 is 20.5 Å². The number of hydrogen-bond acceptors (Lipinski definition) is 5. The first-order valence-electron chi connectivity index (χ1n) is 9.83. The van der Waals surface area contributed by atoms with Gasteiger partial charge in [0.2, 0.25) is 5.82 Å². The summed E-state index contributed by atoms with van der Waals surface area (Å²) in [6, 6.07) is 3.76. The molecule has 1 aliphatic rings. The van der Waals surface area contributed by atoms with Gasteiger partial charge in [0, 0.05) is 29.5 Å². The number of benzene rings is 1. The van der Waals surface area contributed by atoms with Crippen LogP contribution >= 0.6 is 0 Å². The molecule has 3 N–H and O–H groups in total. The second-order valence-electron chi connectivity index (χ2n) is 7.92. The van der Waals surface area contributed by atoms with Gasteiger partial charge in [-0.25, -0.2) is 4.39 Å². The third kappa shape index (κ3) is 4.11. The molecule has 0 bridgehead atoms. The maximum atomic E-state index is 14.4. The van der Waals surface area contributed by atoms with Crippen LogP contribution in [-0.2, 0) is 9.53 Å². The summed E-state index contributed by atoms with van der Waals surface area (Å²) in [5.74, 6) is -8.43. The quantitative estimate of drug-likeness (QED) is 0.381. The van der Waals surface area contributed by atoms with Crippen molar-refractivity contribution in [3.05, 3.63) is 58.6 Å². The standard InChI is InChI=1S/C21H20F5N3O5/c1-9-14(11-4-5-12(22)15(23)16(11)33-3)17(34-20(9,2)21(24,25)26)19(31)28-10-6-7-29(32)13(8-10)18(27)30/h4-9,14,17H,1-3H3,(H2,27,30)(H,28,31)/t9-,14+,17+,20+/m0/s1. The van der Waals surface area contributed by atoms with Crippen molar-refractivity contribution in [3.8, 4) is 5.75 Å². The monoisotopic (exact) mass is 489 g/mol. The zero-order valence-electron chi connectivity index (χ0n) is 18.1. The van der Waals surface area contributed by atoms with Crippen molar-refractivity contribution in [1.29, 1.82) is 0 Å². The Labute approximate surface area is 190 Å². The molecule has 1 aliphatic heterocycles. The molecule has 2 heterocycles. The lowest BCUT2D eigenvalue weighted by Gasteiger charge is -2.32. The van der Waals surface area contributed by atoms with Gasteiger partial charge >= 0.3 is 12.1 Å². The molecular weight excluding hydrogens is 469 g/mol. The summed E-state index contributed by atoms with van der Waals surface area (Å²) in [5, 5.41) is 13.9. The molecule has 1 fully saturated rings. The molecule has 3 rings (SSSR count). The van der Waals surface area contributed by atoms with Crippen LogP contribution in [0.5, 0.6) is 5.75 Å². The van der Waals surface area contributed by atoms with Gasteiger partial charge in [-0.3, -0.25) is 9.59 Å². The van der Waals surface area contributed by atoms with Gasteiger partial charge in [0.05, 0.1) is 12.8 Å². The number of primary amides is 1. The largest absolute Gasteiger partial charge is 0.618 e. The first-order chi connectivity index (χ1) is 15.7. The van der Waals surface area contributed by atoms with Crippen LogP contribution in [0.2, 0.25) is 0 Å². The number of methoxy groups -OCH3 is 1. The number of amides is 2. The summed E-state index contributed by atoms with van der Waals surface area (Å²) >= 11 is 0. The SMILES string of the molecule is COc1c([C@@H]2[C@H](C(=O)Nc3cc[n+]([O-])c(C(N)=O)c3)O[C@@](C)(C(F)(F)F)[C@H]2C)ccc(F)c1F. The fourth-order valence-corrected chi connectivity index (χ4v) is 4.00. The van der Waals surface area contributed by atoms with Crippen molar-refractivity contribution in [2.24, 2.45) is 11.7 Å². The fraction of sp³-hybridized carbons (Fsp3) is 0.381. The van der Waals surface area contributed by atoms with E-state index in [0.29, 0.717) is 6.07 Å². The molecule has 1 saturated heterocycles. The zero-order valence-corrected chi connectivity index (χ0v) is 18.1. The minimum atomic E-state index is -4.93.